The Morgan fingerprint density at radius 2 is 1.62 bits per heavy atom. The number of halogens is 1. The molecule has 0 unspecified atom stereocenters. The highest BCUT2D eigenvalue weighted by molar-refractivity contribution is 8.00. The number of imidazole rings is 1. The molecule has 0 radical (unpaired) electrons. The van der Waals surface area contributed by atoms with Crippen LogP contribution >= 0.6 is 34.7 Å². The van der Waals surface area contributed by atoms with Crippen LogP contribution in [0.5, 0.6) is 0 Å². The summed E-state index contributed by atoms with van der Waals surface area (Å²) in [4.78, 5) is 63.9. The SMILES string of the molecule is Cc1cc(-n2ccnc2)ccc1CSc1nnc(C(=O)N(C)CCOCCOCCOCCOCCC(=O)N2CCN(CC[C@H](NC(=O)C3(N)CCN(c4ncnc5[nH]ccc45)CC3)c3ccc(Cl)cc3)CC2)s1. The first-order valence-electron chi connectivity index (χ1n) is 25.0. The molecule has 74 heavy (non-hydrogen) atoms. The molecule has 20 nitrogen and oxygen atoms in total. The normalized spacial score (nSPS) is 15.4. The first-order valence-corrected chi connectivity index (χ1v) is 27.2. The van der Waals surface area contributed by atoms with Gasteiger partial charge in [0.15, 0.2) is 4.34 Å². The number of nitrogens with two attached hydrogens (primary N) is 1. The zero-order valence-corrected chi connectivity index (χ0v) is 44.4. The highest BCUT2D eigenvalue weighted by Crippen LogP contribution is 2.31. The highest BCUT2D eigenvalue weighted by atomic mass is 35.5. The number of likely N-dealkylation sites (N-methyl/N-ethyl adjacent to an activating group) is 1. The van der Waals surface area contributed by atoms with Crippen LogP contribution < -0.4 is 16.0 Å². The summed E-state index contributed by atoms with van der Waals surface area (Å²) < 4.78 is 25.3. The molecule has 2 saturated heterocycles. The van der Waals surface area contributed by atoms with Crippen molar-refractivity contribution in [2.75, 3.05) is 117 Å². The predicted octanol–water partition coefficient (Wildman–Crippen LogP) is 5.17. The lowest BCUT2D eigenvalue weighted by molar-refractivity contribution is -0.134. The van der Waals surface area contributed by atoms with Crippen molar-refractivity contribution in [3.05, 3.63) is 106 Å². The standard InChI is InChI=1S/C51H66ClN13O7S2/c1-37-33-41(65-19-15-54-36-65)8-5-39(37)34-73-50-60-59-47(74-50)48(67)61(2)24-26-70-28-30-72-32-31-71-29-27-69-25-11-44(66)63-22-20-62(21-23-63)16-10-43(38-3-6-40(52)7-4-38)58-49(68)51(53)12-17-64(18-13-51)46-42-9-14-55-45(42)56-35-57-46/h3-9,14-15,19,33,35-36,43H,10-13,16-18,20-32,34,53H2,1-2H3,(H,58,68)(H,55,56,57)/t43-/m0/s1. The molecule has 2 aromatic carbocycles. The van der Waals surface area contributed by atoms with E-state index < -0.39 is 5.54 Å². The maximum Gasteiger partial charge on any atom is 0.284 e. The van der Waals surface area contributed by atoms with Crippen molar-refractivity contribution in [3.8, 4) is 5.69 Å². The zero-order chi connectivity index (χ0) is 51.7. The Kier molecular flexibility index (Phi) is 20.2. The van der Waals surface area contributed by atoms with Gasteiger partial charge in [-0.3, -0.25) is 19.3 Å². The van der Waals surface area contributed by atoms with Crippen LogP contribution in [0.15, 0.2) is 84.1 Å². The third-order valence-electron chi connectivity index (χ3n) is 13.3. The lowest BCUT2D eigenvalue weighted by Crippen LogP contribution is -2.60. The molecule has 2 aliphatic rings. The number of piperidine rings is 1. The maximum absolute atomic E-state index is 13.9. The van der Waals surface area contributed by atoms with Crippen LogP contribution in [0.3, 0.4) is 0 Å². The molecule has 2 fully saturated rings. The van der Waals surface area contributed by atoms with Crippen LogP contribution in [0.4, 0.5) is 5.82 Å². The number of hydrogen-bond acceptors (Lipinski definition) is 17. The fraction of sp³-hybridized carbons (Fsp3) is 0.490. The van der Waals surface area contributed by atoms with E-state index in [4.69, 9.17) is 36.3 Å². The van der Waals surface area contributed by atoms with Gasteiger partial charge in [-0.05, 0) is 73.2 Å². The van der Waals surface area contributed by atoms with Crippen molar-refractivity contribution >= 4 is 69.3 Å². The topological polar surface area (TPSA) is 224 Å². The smallest absolute Gasteiger partial charge is 0.284 e. The number of fused-ring (bicyclic) bond motifs is 1. The van der Waals surface area contributed by atoms with Crippen molar-refractivity contribution in [1.29, 1.82) is 0 Å². The van der Waals surface area contributed by atoms with E-state index in [0.717, 1.165) is 57.8 Å². The van der Waals surface area contributed by atoms with Gasteiger partial charge in [0, 0.05) is 94.5 Å². The molecule has 2 aliphatic heterocycles. The van der Waals surface area contributed by atoms with Crippen LogP contribution in [0.25, 0.3) is 16.7 Å². The molecular weight excluding hydrogens is 1010 g/mol. The molecule has 6 aromatic rings. The summed E-state index contributed by atoms with van der Waals surface area (Å²) >= 11 is 9.09. The van der Waals surface area contributed by atoms with E-state index in [9.17, 15) is 14.4 Å². The molecule has 0 aliphatic carbocycles. The molecule has 0 saturated carbocycles. The number of anilines is 1. The van der Waals surface area contributed by atoms with Gasteiger partial charge >= 0.3 is 0 Å². The average molecular weight is 1070 g/mol. The molecule has 0 bridgehead atoms. The van der Waals surface area contributed by atoms with Gasteiger partial charge in [0.1, 0.15) is 17.8 Å². The largest absolute Gasteiger partial charge is 0.379 e. The van der Waals surface area contributed by atoms with Gasteiger partial charge < -0.3 is 54.2 Å². The van der Waals surface area contributed by atoms with Crippen LogP contribution in [-0.2, 0) is 34.3 Å². The molecule has 8 rings (SSSR count). The second-order valence-electron chi connectivity index (χ2n) is 18.3. The van der Waals surface area contributed by atoms with E-state index in [2.05, 4.69) is 70.4 Å². The number of nitrogens with one attached hydrogen (secondary N) is 2. The number of H-pyrrole nitrogens is 1. The van der Waals surface area contributed by atoms with Crippen molar-refractivity contribution < 1.29 is 33.3 Å². The lowest BCUT2D eigenvalue weighted by Gasteiger charge is -2.39. The Labute approximate surface area is 444 Å². The Balaban J connectivity index is 0.626. The number of aromatic nitrogens is 7. The monoisotopic (exact) mass is 1070 g/mol. The number of rotatable bonds is 27. The number of thioether (sulfide) groups is 1. The Bertz CT molecular complexity index is 2710. The average Bonchev–Trinajstić information content (AvgIpc) is 4.24. The first-order chi connectivity index (χ1) is 36.0. The minimum Gasteiger partial charge on any atom is -0.379 e. The molecule has 1 atom stereocenters. The number of aromatic amines is 1. The zero-order valence-electron chi connectivity index (χ0n) is 42.0. The van der Waals surface area contributed by atoms with Crippen molar-refractivity contribution in [2.24, 2.45) is 5.73 Å². The predicted molar refractivity (Wildman–Crippen MR) is 285 cm³/mol. The summed E-state index contributed by atoms with van der Waals surface area (Å²) in [7, 11) is 1.72. The van der Waals surface area contributed by atoms with Gasteiger partial charge in [-0.1, -0.05) is 52.9 Å². The Morgan fingerprint density at radius 1 is 0.905 bits per heavy atom. The summed E-state index contributed by atoms with van der Waals surface area (Å²) in [5.41, 5.74) is 11.0. The first kappa shape index (κ1) is 54.7. The molecular formula is C51H66ClN13O7S2. The van der Waals surface area contributed by atoms with Crippen molar-refractivity contribution in [1.82, 2.24) is 54.7 Å². The summed E-state index contributed by atoms with van der Waals surface area (Å²) in [6.07, 6.45) is 10.8. The van der Waals surface area contributed by atoms with E-state index in [1.165, 1.54) is 22.5 Å². The fourth-order valence-electron chi connectivity index (χ4n) is 8.76. The van der Waals surface area contributed by atoms with Crippen molar-refractivity contribution in [3.63, 3.8) is 0 Å². The molecule has 23 heteroatoms. The maximum atomic E-state index is 13.9. The summed E-state index contributed by atoms with van der Waals surface area (Å²) in [5, 5.41) is 13.6. The van der Waals surface area contributed by atoms with Gasteiger partial charge in [-0.15, -0.1) is 10.2 Å². The minimum atomic E-state index is -1.02. The van der Waals surface area contributed by atoms with E-state index in [0.29, 0.717) is 121 Å². The molecule has 3 amide bonds. The van der Waals surface area contributed by atoms with E-state index >= 15 is 0 Å². The fourth-order valence-corrected chi connectivity index (χ4v) is 10.8. The summed E-state index contributed by atoms with van der Waals surface area (Å²) in [6, 6.07) is 15.6. The second-order valence-corrected chi connectivity index (χ2v) is 21.0. The quantitative estimate of drug-likeness (QED) is 0.0447. The Hall–Kier alpha value is -5.56. The van der Waals surface area contributed by atoms with E-state index in [-0.39, 0.29) is 23.8 Å². The van der Waals surface area contributed by atoms with Gasteiger partial charge in [0.05, 0.1) is 82.6 Å². The van der Waals surface area contributed by atoms with Crippen LogP contribution in [0, 0.1) is 6.92 Å². The molecule has 6 heterocycles. The number of carbonyl (C=O) groups is 3. The van der Waals surface area contributed by atoms with E-state index in [1.54, 1.807) is 42.6 Å². The number of benzene rings is 2. The molecule has 396 valence electrons. The molecule has 4 aromatic heterocycles. The van der Waals surface area contributed by atoms with E-state index in [1.807, 2.05) is 52.2 Å². The number of hydrogen-bond donors (Lipinski definition) is 3. The lowest BCUT2D eigenvalue weighted by atomic mass is 9.87. The number of piperazine rings is 1. The van der Waals surface area contributed by atoms with Gasteiger partial charge in [-0.25, -0.2) is 15.0 Å². The molecule has 4 N–H and O–H groups in total. The summed E-state index contributed by atoms with van der Waals surface area (Å²) in [6.45, 7) is 10.2. The van der Waals surface area contributed by atoms with Crippen LogP contribution in [-0.4, -0.2) is 185 Å². The van der Waals surface area contributed by atoms with Gasteiger partial charge in [0.25, 0.3) is 5.91 Å². The third-order valence-corrected chi connectivity index (χ3v) is 15.7. The number of ether oxygens (including phenoxy) is 4. The third kappa shape index (κ3) is 15.3. The minimum absolute atomic E-state index is 0.0685. The van der Waals surface area contributed by atoms with Crippen LogP contribution in [0.1, 0.15) is 58.2 Å². The number of amides is 3. The van der Waals surface area contributed by atoms with Crippen molar-refractivity contribution in [2.45, 2.75) is 54.3 Å². The highest BCUT2D eigenvalue weighted by Gasteiger charge is 2.39. The van der Waals surface area contributed by atoms with Crippen LogP contribution in [0.2, 0.25) is 5.02 Å². The second kappa shape index (κ2) is 27.3. The summed E-state index contributed by atoms with van der Waals surface area (Å²) in [5.74, 6) is 1.28. The number of aryl methyl sites for hydroxylation is 1. The van der Waals surface area contributed by atoms with Gasteiger partial charge in [-0.2, -0.15) is 0 Å². The van der Waals surface area contributed by atoms with Gasteiger partial charge in [0.2, 0.25) is 16.8 Å². The molecule has 0 spiro atoms. The Morgan fingerprint density at radius 3 is 2.32 bits per heavy atom. The number of carbonyl (C=O) groups excluding carboxylic acids is 3. The number of nitrogens with zero attached hydrogens (tertiary/aromatic N) is 10.